The highest BCUT2D eigenvalue weighted by atomic mass is 16.5. The van der Waals surface area contributed by atoms with Crippen molar-refractivity contribution >= 4 is 11.9 Å². The molecule has 2 N–H and O–H groups in total. The fourth-order valence-corrected chi connectivity index (χ4v) is 2.31. The van der Waals surface area contributed by atoms with E-state index in [2.05, 4.69) is 6.58 Å². The van der Waals surface area contributed by atoms with E-state index in [-0.39, 0.29) is 17.4 Å². The van der Waals surface area contributed by atoms with Gasteiger partial charge in [0.15, 0.2) is 11.5 Å². The number of aromatic hydroxyl groups is 1. The van der Waals surface area contributed by atoms with Gasteiger partial charge >= 0.3 is 5.97 Å². The summed E-state index contributed by atoms with van der Waals surface area (Å²) in [5.74, 6) is -1.23. The lowest BCUT2D eigenvalue weighted by Gasteiger charge is -2.38. The molecular weight excluding hydrogens is 274 g/mol. The van der Waals surface area contributed by atoms with Crippen molar-refractivity contribution in [3.63, 3.8) is 0 Å². The third kappa shape index (κ3) is 2.69. The lowest BCUT2D eigenvalue weighted by atomic mass is 9.99. The number of phenolic OH excluding ortho intramolecular Hbond substituents is 1. The van der Waals surface area contributed by atoms with Gasteiger partial charge in [-0.15, -0.1) is 6.58 Å². The van der Waals surface area contributed by atoms with Gasteiger partial charge in [-0.1, -0.05) is 6.08 Å². The van der Waals surface area contributed by atoms with E-state index in [1.807, 2.05) is 0 Å². The van der Waals surface area contributed by atoms with Gasteiger partial charge in [0, 0.05) is 17.7 Å². The molecule has 6 nitrogen and oxygen atoms in total. The summed E-state index contributed by atoms with van der Waals surface area (Å²) < 4.78 is 5.06. The van der Waals surface area contributed by atoms with Crippen molar-refractivity contribution in [2.24, 2.45) is 0 Å². The highest BCUT2D eigenvalue weighted by molar-refractivity contribution is 5.98. The van der Waals surface area contributed by atoms with Crippen molar-refractivity contribution in [2.75, 3.05) is 13.7 Å². The minimum Gasteiger partial charge on any atom is -0.504 e. The van der Waals surface area contributed by atoms with E-state index < -0.39 is 12.0 Å². The maximum absolute atomic E-state index is 12.4. The van der Waals surface area contributed by atoms with Crippen LogP contribution in [0.15, 0.2) is 24.8 Å². The second kappa shape index (κ2) is 5.87. The Hall–Kier alpha value is -2.50. The number of carboxylic acid groups (broad SMARTS) is 1. The van der Waals surface area contributed by atoms with E-state index in [0.29, 0.717) is 30.5 Å². The molecule has 1 aromatic rings. The summed E-state index contributed by atoms with van der Waals surface area (Å²) in [5.41, 5.74) is 0.813. The first-order valence-electron chi connectivity index (χ1n) is 6.54. The quantitative estimate of drug-likeness (QED) is 0.801. The Kier molecular flexibility index (Phi) is 4.16. The van der Waals surface area contributed by atoms with E-state index in [9.17, 15) is 14.7 Å². The van der Waals surface area contributed by atoms with Gasteiger partial charge in [0.05, 0.1) is 7.11 Å². The number of hydrogen-bond acceptors (Lipinski definition) is 4. The number of carbonyl (C=O) groups is 2. The van der Waals surface area contributed by atoms with Crippen LogP contribution in [0.25, 0.3) is 0 Å². The van der Waals surface area contributed by atoms with Gasteiger partial charge in [0.25, 0.3) is 5.91 Å². The average molecular weight is 291 g/mol. The number of carbonyl (C=O) groups excluding carboxylic acids is 1. The Morgan fingerprint density at radius 3 is 2.71 bits per heavy atom. The Morgan fingerprint density at radius 1 is 1.52 bits per heavy atom. The number of nitrogens with zero attached hydrogens (tertiary/aromatic N) is 1. The van der Waals surface area contributed by atoms with E-state index in [4.69, 9.17) is 9.84 Å². The van der Waals surface area contributed by atoms with Crippen LogP contribution in [0.5, 0.6) is 11.5 Å². The molecule has 21 heavy (non-hydrogen) atoms. The monoisotopic (exact) mass is 291 g/mol. The summed E-state index contributed by atoms with van der Waals surface area (Å²) in [6.45, 7) is 4.01. The van der Waals surface area contributed by atoms with Crippen LogP contribution in [0.1, 0.15) is 22.3 Å². The highest BCUT2D eigenvalue weighted by Crippen LogP contribution is 2.33. The number of ether oxygens (including phenoxy) is 1. The summed E-state index contributed by atoms with van der Waals surface area (Å²) in [7, 11) is 1.39. The molecular formula is C15H17NO5. The second-order valence-corrected chi connectivity index (χ2v) is 4.82. The number of phenols is 1. The number of hydrogen-bond donors (Lipinski definition) is 2. The Morgan fingerprint density at radius 2 is 2.24 bits per heavy atom. The van der Waals surface area contributed by atoms with Crippen LogP contribution in [-0.4, -0.2) is 46.7 Å². The van der Waals surface area contributed by atoms with Crippen molar-refractivity contribution in [3.8, 4) is 11.5 Å². The largest absolute Gasteiger partial charge is 0.504 e. The van der Waals surface area contributed by atoms with Gasteiger partial charge in [0.2, 0.25) is 0 Å². The molecule has 1 heterocycles. The fourth-order valence-electron chi connectivity index (χ4n) is 2.31. The zero-order valence-corrected chi connectivity index (χ0v) is 11.7. The summed E-state index contributed by atoms with van der Waals surface area (Å²) >= 11 is 0. The first kappa shape index (κ1) is 14.9. The maximum Gasteiger partial charge on any atom is 0.326 e. The molecule has 0 aliphatic carbocycles. The number of carboxylic acids is 1. The minimum absolute atomic E-state index is 0.0349. The number of benzene rings is 1. The first-order chi connectivity index (χ1) is 9.99. The molecule has 2 rings (SSSR count). The highest BCUT2D eigenvalue weighted by Gasteiger charge is 2.38. The van der Waals surface area contributed by atoms with Gasteiger partial charge in [-0.25, -0.2) is 4.79 Å². The summed E-state index contributed by atoms with van der Waals surface area (Å²) in [5, 5.41) is 19.0. The Balaban J connectivity index is 2.35. The standard InChI is InChI=1S/C15H17NO5/c1-3-4-9-7-10(8-12(21-2)13(9)17)14(18)16-6-5-11(16)15(19)20/h3,7-8,11,17H,1,4-6H2,2H3,(H,19,20)/t11-/m1/s1. The molecule has 1 fully saturated rings. The number of amides is 1. The topological polar surface area (TPSA) is 87.1 Å². The van der Waals surface area contributed by atoms with Crippen molar-refractivity contribution in [1.29, 1.82) is 0 Å². The number of aliphatic carboxylic acids is 1. The smallest absolute Gasteiger partial charge is 0.326 e. The summed E-state index contributed by atoms with van der Waals surface area (Å²) in [6, 6.07) is 2.18. The van der Waals surface area contributed by atoms with E-state index in [1.54, 1.807) is 12.1 Å². The van der Waals surface area contributed by atoms with Gasteiger partial charge in [-0.2, -0.15) is 0 Å². The molecule has 0 bridgehead atoms. The molecule has 6 heteroatoms. The summed E-state index contributed by atoms with van der Waals surface area (Å²) in [4.78, 5) is 24.7. The molecule has 0 unspecified atom stereocenters. The van der Waals surface area contributed by atoms with Crippen LogP contribution in [0.2, 0.25) is 0 Å². The van der Waals surface area contributed by atoms with Gasteiger partial charge < -0.3 is 19.8 Å². The Bertz CT molecular complexity index is 596. The Labute approximate surface area is 122 Å². The van der Waals surface area contributed by atoms with Crippen LogP contribution >= 0.6 is 0 Å². The molecule has 1 atom stereocenters. The van der Waals surface area contributed by atoms with E-state index >= 15 is 0 Å². The van der Waals surface area contributed by atoms with Crippen LogP contribution in [0.4, 0.5) is 0 Å². The van der Waals surface area contributed by atoms with E-state index in [0.717, 1.165) is 0 Å². The molecule has 0 spiro atoms. The average Bonchev–Trinajstić information content (AvgIpc) is 2.39. The second-order valence-electron chi connectivity index (χ2n) is 4.82. The molecule has 1 aliphatic heterocycles. The van der Waals surface area contributed by atoms with Gasteiger partial charge in [-0.3, -0.25) is 4.79 Å². The first-order valence-corrected chi connectivity index (χ1v) is 6.54. The molecule has 0 radical (unpaired) electrons. The SMILES string of the molecule is C=CCc1cc(C(=O)N2CC[C@@H]2C(=O)O)cc(OC)c1O. The lowest BCUT2D eigenvalue weighted by Crippen LogP contribution is -2.55. The predicted octanol–water partition coefficient (Wildman–Crippen LogP) is 1.43. The molecule has 1 aromatic carbocycles. The third-order valence-electron chi connectivity index (χ3n) is 3.55. The molecule has 0 saturated carbocycles. The molecule has 1 amide bonds. The van der Waals surface area contributed by atoms with Crippen molar-refractivity contribution in [1.82, 2.24) is 4.90 Å². The number of methoxy groups -OCH3 is 1. The van der Waals surface area contributed by atoms with Crippen LogP contribution in [0.3, 0.4) is 0 Å². The van der Waals surface area contributed by atoms with Crippen molar-refractivity contribution in [3.05, 3.63) is 35.9 Å². The lowest BCUT2D eigenvalue weighted by molar-refractivity contribution is -0.146. The van der Waals surface area contributed by atoms with Crippen LogP contribution in [-0.2, 0) is 11.2 Å². The van der Waals surface area contributed by atoms with Crippen molar-refractivity contribution < 1.29 is 24.5 Å². The molecule has 0 aromatic heterocycles. The van der Waals surface area contributed by atoms with Gasteiger partial charge in [0.1, 0.15) is 6.04 Å². The van der Waals surface area contributed by atoms with Crippen LogP contribution in [0, 0.1) is 0 Å². The minimum atomic E-state index is -1.01. The summed E-state index contributed by atoms with van der Waals surface area (Å²) in [6.07, 6.45) is 2.44. The zero-order valence-electron chi connectivity index (χ0n) is 11.7. The number of rotatable bonds is 5. The zero-order chi connectivity index (χ0) is 15.6. The predicted molar refractivity (Wildman–Crippen MR) is 75.6 cm³/mol. The number of likely N-dealkylation sites (tertiary alicyclic amines) is 1. The normalized spacial score (nSPS) is 17.0. The molecule has 112 valence electrons. The maximum atomic E-state index is 12.4. The van der Waals surface area contributed by atoms with Crippen molar-refractivity contribution in [2.45, 2.75) is 18.9 Å². The molecule has 1 saturated heterocycles. The van der Waals surface area contributed by atoms with E-state index in [1.165, 1.54) is 18.1 Å². The van der Waals surface area contributed by atoms with Gasteiger partial charge in [-0.05, 0) is 25.0 Å². The van der Waals surface area contributed by atoms with Crippen LogP contribution < -0.4 is 4.74 Å². The third-order valence-corrected chi connectivity index (χ3v) is 3.55. The number of allylic oxidation sites excluding steroid dienone is 1. The fraction of sp³-hybridized carbons (Fsp3) is 0.333. The molecule has 1 aliphatic rings.